The maximum Gasteiger partial charge on any atom is 0.414 e. The van der Waals surface area contributed by atoms with E-state index in [1.807, 2.05) is 77.4 Å². The third kappa shape index (κ3) is 16.1. The van der Waals surface area contributed by atoms with Crippen molar-refractivity contribution in [3.8, 4) is 0 Å². The van der Waals surface area contributed by atoms with Crippen LogP contribution >= 0.6 is 27.0 Å². The van der Waals surface area contributed by atoms with Gasteiger partial charge in [-0.1, -0.05) is 67.6 Å². The molecule has 0 unspecified atom stereocenters. The zero-order valence-electron chi connectivity index (χ0n) is 39.8. The molecule has 4 aliphatic rings. The van der Waals surface area contributed by atoms with Gasteiger partial charge in [-0.2, -0.15) is 27.0 Å². The average Bonchev–Trinajstić information content (AvgIpc) is 3.94. The van der Waals surface area contributed by atoms with E-state index in [0.29, 0.717) is 88.2 Å². The molecule has 4 aromatic carbocycles. The largest absolute Gasteiger partial charge is 0.445 e. The molecule has 0 saturated carbocycles. The summed E-state index contributed by atoms with van der Waals surface area (Å²) < 4.78 is 54.7. The Labute approximate surface area is 425 Å². The van der Waals surface area contributed by atoms with Gasteiger partial charge < -0.3 is 49.0 Å². The molecular weight excluding hydrogens is 965 g/mol. The highest BCUT2D eigenvalue weighted by molar-refractivity contribution is 7.59. The number of nitrogens with two attached hydrogens (primary N) is 1. The van der Waals surface area contributed by atoms with Crippen molar-refractivity contribution in [2.75, 3.05) is 91.6 Å². The van der Waals surface area contributed by atoms with Gasteiger partial charge in [-0.05, 0) is 53.9 Å². The Morgan fingerprint density at radius 3 is 1.28 bits per heavy atom. The second-order valence-corrected chi connectivity index (χ2v) is 16.3. The van der Waals surface area contributed by atoms with E-state index in [-0.39, 0.29) is 71.1 Å². The Morgan fingerprint density at radius 1 is 0.592 bits per heavy atom. The Hall–Kier alpha value is -6.78. The first-order valence-electron chi connectivity index (χ1n) is 22.6. The van der Waals surface area contributed by atoms with Crippen molar-refractivity contribution in [1.82, 2.24) is 9.80 Å². The van der Waals surface area contributed by atoms with Crippen LogP contribution < -0.4 is 25.3 Å². The van der Waals surface area contributed by atoms with Gasteiger partial charge in [0.1, 0.15) is 37.1 Å². The zero-order valence-corrected chi connectivity index (χ0v) is 41.8. The summed E-state index contributed by atoms with van der Waals surface area (Å²) in [6.45, 7) is 9.46. The molecule has 4 heterocycles. The molecule has 18 nitrogen and oxygen atoms in total. The molecule has 0 spiro atoms. The number of nitrogens with zero attached hydrogens (tertiary/aromatic N) is 6. The number of hydrogen-bond donors (Lipinski definition) is 1. The lowest BCUT2D eigenvalue weighted by atomic mass is 10.2. The van der Waals surface area contributed by atoms with Crippen molar-refractivity contribution in [3.63, 3.8) is 0 Å². The van der Waals surface area contributed by atoms with E-state index in [9.17, 15) is 37.5 Å². The van der Waals surface area contributed by atoms with E-state index >= 15 is 0 Å². The fraction of sp³-hybridized carbons (Fsp3) is 0.388. The summed E-state index contributed by atoms with van der Waals surface area (Å²) in [5, 5.41) is 0. The van der Waals surface area contributed by atoms with Crippen LogP contribution in [0.3, 0.4) is 0 Å². The van der Waals surface area contributed by atoms with Gasteiger partial charge in [0.25, 0.3) is 0 Å². The Morgan fingerprint density at radius 2 is 0.972 bits per heavy atom. The van der Waals surface area contributed by atoms with Crippen LogP contribution in [-0.4, -0.2) is 130 Å². The molecule has 2 N–H and O–H groups in total. The third-order valence-corrected chi connectivity index (χ3v) is 11.4. The molecule has 0 radical (unpaired) electrons. The number of rotatable bonds is 10. The van der Waals surface area contributed by atoms with Gasteiger partial charge in [-0.15, -0.1) is 0 Å². The minimum atomic E-state index is -0.562. The Bertz CT molecular complexity index is 2250. The summed E-state index contributed by atoms with van der Waals surface area (Å²) in [7, 11) is 0. The number of esters is 2. The molecule has 4 fully saturated rings. The first-order valence-corrected chi connectivity index (χ1v) is 22.6. The van der Waals surface area contributed by atoms with E-state index in [4.69, 9.17) is 24.7 Å². The van der Waals surface area contributed by atoms with E-state index in [1.165, 1.54) is 35.8 Å². The van der Waals surface area contributed by atoms with Crippen molar-refractivity contribution >= 4 is 86.1 Å². The minimum Gasteiger partial charge on any atom is -0.445 e. The first kappa shape index (κ1) is 56.8. The van der Waals surface area contributed by atoms with Crippen LogP contribution in [0, 0.1) is 11.6 Å². The lowest BCUT2D eigenvalue weighted by Crippen LogP contribution is -2.49. The number of carbonyl (C=O) groups is 6. The quantitative estimate of drug-likeness (QED) is 0.0978. The summed E-state index contributed by atoms with van der Waals surface area (Å²) in [4.78, 5) is 78.1. The van der Waals surface area contributed by atoms with Crippen LogP contribution in [-0.2, 0) is 46.5 Å². The van der Waals surface area contributed by atoms with Gasteiger partial charge in [-0.25, -0.2) is 28.0 Å². The zero-order chi connectivity index (χ0) is 49.5. The number of hydrogen-bond acceptors (Lipinski definition) is 14. The average molecular weight is 1030 g/mol. The topological polar surface area (TPSA) is 194 Å². The summed E-state index contributed by atoms with van der Waals surface area (Å²) in [5.41, 5.74) is 9.23. The molecule has 0 bridgehead atoms. The second-order valence-electron chi connectivity index (χ2n) is 16.3. The maximum absolute atomic E-state index is 14.8. The molecule has 71 heavy (non-hydrogen) atoms. The molecule has 0 aliphatic carbocycles. The number of halogens is 2. The molecule has 4 aliphatic heterocycles. The number of amides is 4. The first-order chi connectivity index (χ1) is 33.2. The van der Waals surface area contributed by atoms with Crippen LogP contribution in [0.15, 0.2) is 97.1 Å². The molecule has 4 amide bonds. The summed E-state index contributed by atoms with van der Waals surface area (Å²) in [5.74, 6) is -1.95. The molecule has 4 saturated heterocycles. The summed E-state index contributed by atoms with van der Waals surface area (Å²) in [6.07, 6.45) is -1.53. The minimum absolute atomic E-state index is 0. The van der Waals surface area contributed by atoms with E-state index < -0.39 is 35.8 Å². The van der Waals surface area contributed by atoms with Crippen molar-refractivity contribution < 1.29 is 61.2 Å². The van der Waals surface area contributed by atoms with E-state index in [0.717, 1.165) is 17.5 Å². The molecule has 4 aromatic rings. The van der Waals surface area contributed by atoms with Crippen molar-refractivity contribution in [2.45, 2.75) is 52.6 Å². The maximum atomic E-state index is 14.8. The Balaban J connectivity index is 0.000000265. The molecule has 384 valence electrons. The predicted molar refractivity (Wildman–Crippen MR) is 271 cm³/mol. The van der Waals surface area contributed by atoms with Crippen LogP contribution in [0.2, 0.25) is 0 Å². The van der Waals surface area contributed by atoms with Crippen LogP contribution in [0.4, 0.5) is 50.7 Å². The number of carbonyl (C=O) groups excluding carboxylic acids is 6. The lowest BCUT2D eigenvalue weighted by molar-refractivity contribution is -0.156. The molecule has 0 aromatic heterocycles. The number of benzene rings is 4. The predicted octanol–water partition coefficient (Wildman–Crippen LogP) is 6.91. The standard InChI is InChI=1S/C23H26FN3O4.C22H25FN4O4.C4H6O3.2H2S/c1-2-19-15-27(23(29)31-19)18-8-9-21(20(24)14-18)25-10-12-26(13-11-25)22(28)30-16-17-6-4-3-5-7-17;23-19-12-17(27-14-18(13-24)31-22(27)29)6-7-20(19)25-8-10-26(11-9-25)21(28)30-15-16-4-2-1-3-5-16;1-3(5)7-4(2)6;;/h3-9,14,19H,2,10-13,15-16H2,1H3;1-7,12,18H,8-11,13-15,24H2;1-2H3;2*1H2/t19-;18-;;;/m00.../s1. The monoisotopic (exact) mass is 1030 g/mol. The lowest BCUT2D eigenvalue weighted by Gasteiger charge is -2.35. The Kier molecular flexibility index (Phi) is 22.1. The SMILES string of the molecule is CC(=O)OC(C)=O.CC[C@H]1CN(c2ccc(N3CCN(C(=O)OCc4ccccc4)CC3)c(F)c2)C(=O)O1.NC[C@H]1CN(c2ccc(N3CCN(C(=O)OCc4ccccc4)CC3)c(F)c2)C(=O)O1.S.S. The van der Waals surface area contributed by atoms with Crippen LogP contribution in [0.1, 0.15) is 38.3 Å². The highest BCUT2D eigenvalue weighted by Crippen LogP contribution is 2.31. The highest BCUT2D eigenvalue weighted by atomic mass is 32.1. The molecular formula is C49H61F2N7O11S2. The van der Waals surface area contributed by atoms with Gasteiger partial charge in [0.05, 0.1) is 35.8 Å². The number of ether oxygens (including phenoxy) is 5. The number of anilines is 4. The van der Waals surface area contributed by atoms with Crippen molar-refractivity contribution in [2.24, 2.45) is 5.73 Å². The fourth-order valence-corrected chi connectivity index (χ4v) is 7.72. The number of piperazine rings is 2. The summed E-state index contributed by atoms with van der Waals surface area (Å²) in [6, 6.07) is 28.5. The molecule has 8 rings (SSSR count). The molecule has 22 heteroatoms. The summed E-state index contributed by atoms with van der Waals surface area (Å²) >= 11 is 0. The fourth-order valence-electron chi connectivity index (χ4n) is 7.72. The number of cyclic esters (lactones) is 2. The van der Waals surface area contributed by atoms with Gasteiger partial charge in [0.15, 0.2) is 0 Å². The van der Waals surface area contributed by atoms with Gasteiger partial charge in [0.2, 0.25) is 0 Å². The highest BCUT2D eigenvalue weighted by Gasteiger charge is 2.34. The van der Waals surface area contributed by atoms with E-state index in [1.54, 1.807) is 34.1 Å². The van der Waals surface area contributed by atoms with Crippen LogP contribution in [0.5, 0.6) is 0 Å². The van der Waals surface area contributed by atoms with Gasteiger partial charge in [0, 0.05) is 72.8 Å². The smallest absolute Gasteiger partial charge is 0.414 e. The van der Waals surface area contributed by atoms with Crippen molar-refractivity contribution in [1.29, 1.82) is 0 Å². The van der Waals surface area contributed by atoms with Gasteiger partial charge >= 0.3 is 36.3 Å². The van der Waals surface area contributed by atoms with Gasteiger partial charge in [-0.3, -0.25) is 19.4 Å². The van der Waals surface area contributed by atoms with E-state index in [2.05, 4.69) is 4.74 Å². The third-order valence-electron chi connectivity index (χ3n) is 11.4. The van der Waals surface area contributed by atoms with Crippen molar-refractivity contribution in [3.05, 3.63) is 120 Å². The normalized spacial score (nSPS) is 17.2. The van der Waals surface area contributed by atoms with Crippen LogP contribution in [0.25, 0.3) is 0 Å². The molecule has 2 atom stereocenters. The second kappa shape index (κ2) is 27.6.